The van der Waals surface area contributed by atoms with Gasteiger partial charge in [0.05, 0.1) is 26.1 Å². The molecule has 1 spiro atoms. The van der Waals surface area contributed by atoms with Gasteiger partial charge < -0.3 is 9.47 Å². The Balaban J connectivity index is 2.03. The largest absolute Gasteiger partial charge is 0.469 e. The molecule has 0 unspecified atom stereocenters. The average Bonchev–Trinajstić information content (AvgIpc) is 2.82. The van der Waals surface area contributed by atoms with Crippen LogP contribution >= 0.6 is 0 Å². The highest BCUT2D eigenvalue weighted by molar-refractivity contribution is 5.77. The molecular weight excluding hydrogens is 328 g/mol. The third kappa shape index (κ3) is 2.71. The summed E-state index contributed by atoms with van der Waals surface area (Å²) in [5.41, 5.74) is 0.772. The van der Waals surface area contributed by atoms with Crippen LogP contribution in [0.25, 0.3) is 0 Å². The number of carbonyl (C=O) groups is 2. The number of hydrogen-bond acceptors (Lipinski definition) is 4. The number of methoxy groups -OCH3 is 2. The molecule has 5 atom stereocenters. The van der Waals surface area contributed by atoms with Crippen LogP contribution in [-0.4, -0.2) is 26.2 Å². The lowest BCUT2D eigenvalue weighted by molar-refractivity contribution is -0.176. The molecule has 0 heterocycles. The standard InChI is InChI=1S/C22H34O4/c1-14-11-22-10-9-16(20(2,3)19(24)26-6)21(4,13-18(23)25-5)17(22)8-7-15(14)12-22/h15-17H,1,7-13H2,2-6H3/t15-,16-,17+,21-,22-/m1/s1. The van der Waals surface area contributed by atoms with Crippen molar-refractivity contribution >= 4 is 11.9 Å². The van der Waals surface area contributed by atoms with Crippen LogP contribution in [0.5, 0.6) is 0 Å². The molecule has 0 N–H and O–H groups in total. The first-order valence-corrected chi connectivity index (χ1v) is 9.93. The van der Waals surface area contributed by atoms with Gasteiger partial charge in [0, 0.05) is 0 Å². The van der Waals surface area contributed by atoms with Crippen molar-refractivity contribution in [3.8, 4) is 0 Å². The number of allylic oxidation sites excluding steroid dienone is 1. The first kappa shape index (κ1) is 19.4. The summed E-state index contributed by atoms with van der Waals surface area (Å²) in [6.45, 7) is 10.5. The number of hydrogen-bond donors (Lipinski definition) is 0. The molecule has 2 bridgehead atoms. The van der Waals surface area contributed by atoms with E-state index in [0.717, 1.165) is 32.1 Å². The van der Waals surface area contributed by atoms with Crippen molar-refractivity contribution < 1.29 is 19.1 Å². The molecule has 3 aliphatic carbocycles. The van der Waals surface area contributed by atoms with E-state index in [-0.39, 0.29) is 28.7 Å². The smallest absolute Gasteiger partial charge is 0.311 e. The highest BCUT2D eigenvalue weighted by atomic mass is 16.5. The van der Waals surface area contributed by atoms with E-state index in [1.54, 1.807) is 0 Å². The van der Waals surface area contributed by atoms with Gasteiger partial charge in [0.1, 0.15) is 0 Å². The van der Waals surface area contributed by atoms with E-state index in [1.807, 2.05) is 13.8 Å². The van der Waals surface area contributed by atoms with Crippen LogP contribution in [0.15, 0.2) is 12.2 Å². The maximum absolute atomic E-state index is 12.6. The van der Waals surface area contributed by atoms with E-state index in [4.69, 9.17) is 9.47 Å². The SMILES string of the molecule is C=C1C[C@@]23CC[C@H](C(C)(C)C(=O)OC)[C@@](C)(CC(=O)OC)[C@@H]2CC[C@@H]1C3. The Morgan fingerprint density at radius 1 is 1.19 bits per heavy atom. The van der Waals surface area contributed by atoms with Gasteiger partial charge in [0.2, 0.25) is 0 Å². The average molecular weight is 363 g/mol. The molecule has 26 heavy (non-hydrogen) atoms. The fourth-order valence-corrected chi connectivity index (χ4v) is 7.17. The number of esters is 2. The van der Waals surface area contributed by atoms with Gasteiger partial charge in [-0.15, -0.1) is 0 Å². The van der Waals surface area contributed by atoms with Gasteiger partial charge in [-0.1, -0.05) is 19.1 Å². The first-order chi connectivity index (χ1) is 12.1. The summed E-state index contributed by atoms with van der Waals surface area (Å²) in [5, 5.41) is 0. The summed E-state index contributed by atoms with van der Waals surface area (Å²) in [5.74, 6) is 0.821. The molecule has 4 heteroatoms. The van der Waals surface area contributed by atoms with Crippen molar-refractivity contribution in [2.75, 3.05) is 14.2 Å². The van der Waals surface area contributed by atoms with Crippen LogP contribution in [0.1, 0.15) is 65.7 Å². The Labute approximate surface area is 157 Å². The molecule has 0 aromatic carbocycles. The molecule has 3 saturated carbocycles. The van der Waals surface area contributed by atoms with Crippen LogP contribution in [0.2, 0.25) is 0 Å². The van der Waals surface area contributed by atoms with Crippen LogP contribution in [0.4, 0.5) is 0 Å². The van der Waals surface area contributed by atoms with Gasteiger partial charge in [0.25, 0.3) is 0 Å². The van der Waals surface area contributed by atoms with E-state index in [0.29, 0.717) is 18.3 Å². The number of carbonyl (C=O) groups excluding carboxylic acids is 2. The molecule has 146 valence electrons. The van der Waals surface area contributed by atoms with Crippen molar-refractivity contribution in [3.63, 3.8) is 0 Å². The molecule has 0 radical (unpaired) electrons. The monoisotopic (exact) mass is 362 g/mol. The van der Waals surface area contributed by atoms with Crippen molar-refractivity contribution in [1.82, 2.24) is 0 Å². The predicted molar refractivity (Wildman–Crippen MR) is 100 cm³/mol. The molecule has 3 fully saturated rings. The summed E-state index contributed by atoms with van der Waals surface area (Å²) in [7, 11) is 2.91. The van der Waals surface area contributed by atoms with Crippen molar-refractivity contribution in [2.24, 2.45) is 34.0 Å². The molecule has 3 rings (SSSR count). The van der Waals surface area contributed by atoms with Crippen LogP contribution < -0.4 is 0 Å². The zero-order valence-electron chi connectivity index (χ0n) is 17.0. The Bertz CT molecular complexity index is 622. The second-order valence-electron chi connectivity index (χ2n) is 9.79. The molecule has 0 aliphatic heterocycles. The van der Waals surface area contributed by atoms with Gasteiger partial charge in [0.15, 0.2) is 0 Å². The van der Waals surface area contributed by atoms with Gasteiger partial charge >= 0.3 is 11.9 Å². The zero-order valence-corrected chi connectivity index (χ0v) is 17.0. The van der Waals surface area contributed by atoms with Gasteiger partial charge in [-0.25, -0.2) is 0 Å². The Kier molecular flexibility index (Phi) is 4.77. The molecular formula is C22H34O4. The van der Waals surface area contributed by atoms with Gasteiger partial charge in [-0.05, 0) is 81.0 Å². The third-order valence-electron chi connectivity index (χ3n) is 8.21. The minimum absolute atomic E-state index is 0.0996. The van der Waals surface area contributed by atoms with Crippen molar-refractivity contribution in [1.29, 1.82) is 0 Å². The number of rotatable bonds is 4. The van der Waals surface area contributed by atoms with Crippen molar-refractivity contribution in [2.45, 2.75) is 65.7 Å². The summed E-state index contributed by atoms with van der Waals surface area (Å²) < 4.78 is 10.2. The van der Waals surface area contributed by atoms with E-state index in [2.05, 4.69) is 13.5 Å². The van der Waals surface area contributed by atoms with E-state index in [1.165, 1.54) is 26.2 Å². The summed E-state index contributed by atoms with van der Waals surface area (Å²) in [6, 6.07) is 0. The quantitative estimate of drug-likeness (QED) is 0.545. The van der Waals surface area contributed by atoms with Crippen molar-refractivity contribution in [3.05, 3.63) is 12.2 Å². The fourth-order valence-electron chi connectivity index (χ4n) is 7.17. The zero-order chi connectivity index (χ0) is 19.3. The summed E-state index contributed by atoms with van der Waals surface area (Å²) in [4.78, 5) is 25.0. The minimum atomic E-state index is -0.619. The first-order valence-electron chi connectivity index (χ1n) is 9.93. The lowest BCUT2D eigenvalue weighted by Gasteiger charge is -2.60. The van der Waals surface area contributed by atoms with Crippen LogP contribution in [-0.2, 0) is 19.1 Å². The Morgan fingerprint density at radius 3 is 2.50 bits per heavy atom. The molecule has 4 nitrogen and oxygen atoms in total. The maximum atomic E-state index is 12.6. The fraction of sp³-hybridized carbons (Fsp3) is 0.818. The van der Waals surface area contributed by atoms with Crippen LogP contribution in [0, 0.1) is 34.0 Å². The highest BCUT2D eigenvalue weighted by Crippen LogP contribution is 2.70. The van der Waals surface area contributed by atoms with Gasteiger partial charge in [-0.2, -0.15) is 0 Å². The Morgan fingerprint density at radius 2 is 1.88 bits per heavy atom. The molecule has 0 amide bonds. The predicted octanol–water partition coefficient (Wildman–Crippen LogP) is 4.53. The maximum Gasteiger partial charge on any atom is 0.311 e. The van der Waals surface area contributed by atoms with Crippen LogP contribution in [0.3, 0.4) is 0 Å². The second kappa shape index (κ2) is 6.38. The lowest BCUT2D eigenvalue weighted by atomic mass is 9.43. The van der Waals surface area contributed by atoms with Gasteiger partial charge in [-0.3, -0.25) is 9.59 Å². The van der Waals surface area contributed by atoms with E-state index >= 15 is 0 Å². The topological polar surface area (TPSA) is 52.6 Å². The lowest BCUT2D eigenvalue weighted by Crippen LogP contribution is -2.56. The second-order valence-corrected chi connectivity index (χ2v) is 9.79. The number of fused-ring (bicyclic) bond motifs is 1. The summed E-state index contributed by atoms with van der Waals surface area (Å²) >= 11 is 0. The summed E-state index contributed by atoms with van der Waals surface area (Å²) in [6.07, 6.45) is 7.01. The van der Waals surface area contributed by atoms with E-state index in [9.17, 15) is 9.59 Å². The molecule has 0 aromatic heterocycles. The Hall–Kier alpha value is -1.32. The molecule has 0 aromatic rings. The van der Waals surface area contributed by atoms with E-state index < -0.39 is 5.41 Å². The normalized spacial score (nSPS) is 39.3. The molecule has 0 saturated heterocycles. The molecule has 3 aliphatic rings. The minimum Gasteiger partial charge on any atom is -0.469 e. The number of ether oxygens (including phenoxy) is 2. The third-order valence-corrected chi connectivity index (χ3v) is 8.21. The highest BCUT2D eigenvalue weighted by Gasteiger charge is 2.63.